The summed E-state index contributed by atoms with van der Waals surface area (Å²) in [5.41, 5.74) is 1.50. The van der Waals surface area contributed by atoms with Crippen LogP contribution in [0.5, 0.6) is 0 Å². The fraction of sp³-hybridized carbons (Fsp3) is 0.0556. The van der Waals surface area contributed by atoms with Crippen LogP contribution >= 0.6 is 0 Å². The monoisotopic (exact) mass is 299 g/mol. The lowest BCUT2D eigenvalue weighted by Gasteiger charge is -2.08. The molecule has 2 nitrogen and oxygen atoms in total. The van der Waals surface area contributed by atoms with Gasteiger partial charge in [-0.05, 0) is 35.4 Å². The molecule has 2 aromatic carbocycles. The van der Waals surface area contributed by atoms with Crippen molar-refractivity contribution in [2.45, 2.75) is 6.54 Å². The van der Waals surface area contributed by atoms with Crippen molar-refractivity contribution < 1.29 is 13.6 Å². The highest BCUT2D eigenvalue weighted by Crippen LogP contribution is 2.19. The molecule has 0 spiro atoms. The zero-order chi connectivity index (χ0) is 15.9. The SMILES string of the molecule is C=C(/C=C(/C=O)NCc1ccccc1)c1cc(F)ccc1F. The van der Waals surface area contributed by atoms with Crippen LogP contribution in [0.2, 0.25) is 0 Å². The van der Waals surface area contributed by atoms with E-state index in [4.69, 9.17) is 0 Å². The van der Waals surface area contributed by atoms with E-state index in [0.29, 0.717) is 12.8 Å². The zero-order valence-corrected chi connectivity index (χ0v) is 11.9. The van der Waals surface area contributed by atoms with Crippen molar-refractivity contribution in [3.05, 3.63) is 89.6 Å². The van der Waals surface area contributed by atoms with Crippen LogP contribution in [0.25, 0.3) is 5.57 Å². The van der Waals surface area contributed by atoms with Crippen LogP contribution in [-0.4, -0.2) is 6.29 Å². The van der Waals surface area contributed by atoms with Gasteiger partial charge in [0.15, 0.2) is 6.29 Å². The quantitative estimate of drug-likeness (QED) is 0.499. The molecule has 4 heteroatoms. The second-order valence-corrected chi connectivity index (χ2v) is 4.71. The van der Waals surface area contributed by atoms with E-state index < -0.39 is 11.6 Å². The number of halogens is 2. The molecule has 0 aliphatic carbocycles. The van der Waals surface area contributed by atoms with Gasteiger partial charge in [0, 0.05) is 12.1 Å². The van der Waals surface area contributed by atoms with Gasteiger partial charge in [0.25, 0.3) is 0 Å². The van der Waals surface area contributed by atoms with Crippen molar-refractivity contribution in [1.82, 2.24) is 5.32 Å². The van der Waals surface area contributed by atoms with E-state index in [0.717, 1.165) is 23.8 Å². The van der Waals surface area contributed by atoms with Crippen LogP contribution < -0.4 is 5.32 Å². The van der Waals surface area contributed by atoms with Gasteiger partial charge in [-0.15, -0.1) is 0 Å². The van der Waals surface area contributed by atoms with E-state index in [1.807, 2.05) is 30.3 Å². The van der Waals surface area contributed by atoms with E-state index in [-0.39, 0.29) is 16.8 Å². The number of hydrogen-bond donors (Lipinski definition) is 1. The standard InChI is InChI=1S/C18H15F2NO/c1-13(17-10-15(19)7-8-18(17)20)9-16(12-22)21-11-14-5-3-2-4-6-14/h2-10,12,21H,1,11H2/b16-9-. The number of aldehydes is 1. The molecule has 0 fully saturated rings. The topological polar surface area (TPSA) is 29.1 Å². The zero-order valence-electron chi connectivity index (χ0n) is 11.9. The van der Waals surface area contributed by atoms with E-state index in [1.54, 1.807) is 0 Å². The molecular formula is C18H15F2NO. The van der Waals surface area contributed by atoms with Crippen molar-refractivity contribution in [3.8, 4) is 0 Å². The van der Waals surface area contributed by atoms with E-state index >= 15 is 0 Å². The highest BCUT2D eigenvalue weighted by Gasteiger charge is 2.07. The molecule has 0 saturated heterocycles. The van der Waals surface area contributed by atoms with Crippen LogP contribution in [0.15, 0.2) is 66.9 Å². The van der Waals surface area contributed by atoms with Gasteiger partial charge in [0.2, 0.25) is 0 Å². The summed E-state index contributed by atoms with van der Waals surface area (Å²) in [7, 11) is 0. The van der Waals surface area contributed by atoms with Gasteiger partial charge < -0.3 is 5.32 Å². The molecule has 0 aliphatic heterocycles. The average Bonchev–Trinajstić information content (AvgIpc) is 2.54. The minimum Gasteiger partial charge on any atom is -0.378 e. The van der Waals surface area contributed by atoms with Crippen molar-refractivity contribution in [2.24, 2.45) is 0 Å². The average molecular weight is 299 g/mol. The third-order valence-electron chi connectivity index (χ3n) is 3.07. The number of carbonyl (C=O) groups is 1. The van der Waals surface area contributed by atoms with Gasteiger partial charge in [-0.25, -0.2) is 8.78 Å². The minimum absolute atomic E-state index is 0.0286. The van der Waals surface area contributed by atoms with Gasteiger partial charge in [0.1, 0.15) is 11.6 Å². The summed E-state index contributed by atoms with van der Waals surface area (Å²) in [5.74, 6) is -1.15. The maximum Gasteiger partial charge on any atom is 0.165 e. The van der Waals surface area contributed by atoms with Gasteiger partial charge in [0.05, 0.1) is 5.70 Å². The first kappa shape index (κ1) is 15.6. The Hall–Kier alpha value is -2.75. The molecule has 0 radical (unpaired) electrons. The van der Waals surface area contributed by atoms with Crippen molar-refractivity contribution in [2.75, 3.05) is 0 Å². The molecule has 0 atom stereocenters. The lowest BCUT2D eigenvalue weighted by atomic mass is 10.1. The maximum atomic E-state index is 13.7. The third-order valence-corrected chi connectivity index (χ3v) is 3.07. The van der Waals surface area contributed by atoms with Crippen LogP contribution in [-0.2, 0) is 11.3 Å². The minimum atomic E-state index is -0.587. The summed E-state index contributed by atoms with van der Waals surface area (Å²) in [6.45, 7) is 4.14. The lowest BCUT2D eigenvalue weighted by molar-refractivity contribution is -0.105. The Balaban J connectivity index is 2.12. The first-order valence-electron chi connectivity index (χ1n) is 6.69. The molecule has 22 heavy (non-hydrogen) atoms. The highest BCUT2D eigenvalue weighted by atomic mass is 19.1. The molecule has 0 saturated carbocycles. The molecule has 0 aliphatic rings. The van der Waals surface area contributed by atoms with Crippen LogP contribution in [0.4, 0.5) is 8.78 Å². The first-order valence-corrected chi connectivity index (χ1v) is 6.69. The molecule has 0 amide bonds. The number of rotatable bonds is 6. The molecule has 112 valence electrons. The second-order valence-electron chi connectivity index (χ2n) is 4.71. The summed E-state index contributed by atoms with van der Waals surface area (Å²) >= 11 is 0. The van der Waals surface area contributed by atoms with Crippen LogP contribution in [0, 0.1) is 11.6 Å². The Bertz CT molecular complexity index is 708. The highest BCUT2D eigenvalue weighted by molar-refractivity contribution is 5.82. The van der Waals surface area contributed by atoms with Gasteiger partial charge in [-0.1, -0.05) is 36.9 Å². The number of carbonyl (C=O) groups excluding carboxylic acids is 1. The number of allylic oxidation sites excluding steroid dienone is 3. The smallest absolute Gasteiger partial charge is 0.165 e. The van der Waals surface area contributed by atoms with Gasteiger partial charge in [-0.2, -0.15) is 0 Å². The first-order chi connectivity index (χ1) is 10.6. The third kappa shape index (κ3) is 4.12. The van der Waals surface area contributed by atoms with Crippen LogP contribution in [0.3, 0.4) is 0 Å². The predicted octanol–water partition coefficient (Wildman–Crippen LogP) is 3.85. The molecule has 1 N–H and O–H groups in total. The number of benzene rings is 2. The maximum absolute atomic E-state index is 13.7. The summed E-state index contributed by atoms with van der Waals surface area (Å²) in [4.78, 5) is 11.1. The Morgan fingerprint density at radius 2 is 1.86 bits per heavy atom. The lowest BCUT2D eigenvalue weighted by Crippen LogP contribution is -2.14. The Labute approximate surface area is 127 Å². The van der Waals surface area contributed by atoms with Crippen LogP contribution in [0.1, 0.15) is 11.1 Å². The Morgan fingerprint density at radius 1 is 1.14 bits per heavy atom. The molecule has 0 aromatic heterocycles. The summed E-state index contributed by atoms with van der Waals surface area (Å²) in [6, 6.07) is 12.6. The van der Waals surface area contributed by atoms with Crippen molar-refractivity contribution in [1.29, 1.82) is 0 Å². The van der Waals surface area contributed by atoms with E-state index in [1.165, 1.54) is 6.08 Å². The molecule has 2 aromatic rings. The molecule has 0 heterocycles. The molecule has 0 bridgehead atoms. The number of hydrogen-bond acceptors (Lipinski definition) is 2. The summed E-state index contributed by atoms with van der Waals surface area (Å²) in [6.07, 6.45) is 2.01. The molecule has 2 rings (SSSR count). The Kier molecular flexibility index (Phi) is 5.20. The second kappa shape index (κ2) is 7.31. The van der Waals surface area contributed by atoms with E-state index in [9.17, 15) is 13.6 Å². The predicted molar refractivity (Wildman–Crippen MR) is 82.8 cm³/mol. The molecule has 0 unspecified atom stereocenters. The fourth-order valence-electron chi connectivity index (χ4n) is 1.94. The van der Waals surface area contributed by atoms with Crippen molar-refractivity contribution in [3.63, 3.8) is 0 Å². The van der Waals surface area contributed by atoms with Gasteiger partial charge in [-0.3, -0.25) is 4.79 Å². The van der Waals surface area contributed by atoms with Crippen molar-refractivity contribution >= 4 is 11.9 Å². The fourth-order valence-corrected chi connectivity index (χ4v) is 1.94. The summed E-state index contributed by atoms with van der Waals surface area (Å²) in [5, 5.41) is 2.94. The molecular weight excluding hydrogens is 284 g/mol. The van der Waals surface area contributed by atoms with Gasteiger partial charge >= 0.3 is 0 Å². The normalized spacial score (nSPS) is 11.1. The Morgan fingerprint density at radius 3 is 2.55 bits per heavy atom. The largest absolute Gasteiger partial charge is 0.378 e. The van der Waals surface area contributed by atoms with E-state index in [2.05, 4.69) is 11.9 Å². The summed E-state index contributed by atoms with van der Waals surface area (Å²) < 4.78 is 26.8. The number of nitrogens with one attached hydrogen (secondary N) is 1.